The molecule has 27 heavy (non-hydrogen) atoms. The molecule has 0 unspecified atom stereocenters. The topological polar surface area (TPSA) is 99.0 Å². The van der Waals surface area contributed by atoms with Gasteiger partial charge in [0.2, 0.25) is 5.95 Å². The lowest BCUT2D eigenvalue weighted by molar-refractivity contribution is -0.146. The largest absolute Gasteiger partial charge is 0.469 e. The Morgan fingerprint density at radius 2 is 2.00 bits per heavy atom. The molecule has 4 rings (SSSR count). The fourth-order valence-corrected chi connectivity index (χ4v) is 3.99. The van der Waals surface area contributed by atoms with E-state index in [2.05, 4.69) is 20.3 Å². The number of hydrogen-bond acceptors (Lipinski definition) is 6. The SMILES string of the molecule is COC(=O)C1CCC(NC(=O)c2nc(-n3ccnc3)nc3c2CCC3)CC1. The summed E-state index contributed by atoms with van der Waals surface area (Å²) in [5, 5.41) is 3.11. The third-order valence-corrected chi connectivity index (χ3v) is 5.47. The molecule has 0 radical (unpaired) electrons. The van der Waals surface area contributed by atoms with Crippen LogP contribution in [0.5, 0.6) is 0 Å². The number of rotatable bonds is 4. The van der Waals surface area contributed by atoms with Crippen LogP contribution in [0.2, 0.25) is 0 Å². The van der Waals surface area contributed by atoms with E-state index < -0.39 is 0 Å². The predicted octanol–water partition coefficient (Wildman–Crippen LogP) is 1.61. The molecule has 8 nitrogen and oxygen atoms in total. The summed E-state index contributed by atoms with van der Waals surface area (Å²) < 4.78 is 6.54. The third-order valence-electron chi connectivity index (χ3n) is 5.47. The van der Waals surface area contributed by atoms with Crippen molar-refractivity contribution in [1.29, 1.82) is 0 Å². The number of carbonyl (C=O) groups is 2. The number of hydrogen-bond donors (Lipinski definition) is 1. The van der Waals surface area contributed by atoms with E-state index in [-0.39, 0.29) is 23.8 Å². The van der Waals surface area contributed by atoms with Crippen molar-refractivity contribution in [2.24, 2.45) is 5.92 Å². The van der Waals surface area contributed by atoms with E-state index in [9.17, 15) is 9.59 Å². The highest BCUT2D eigenvalue weighted by Gasteiger charge is 2.30. The number of nitrogens with zero attached hydrogens (tertiary/aromatic N) is 4. The van der Waals surface area contributed by atoms with Crippen LogP contribution >= 0.6 is 0 Å². The Labute approximate surface area is 157 Å². The van der Waals surface area contributed by atoms with Crippen molar-refractivity contribution in [2.45, 2.75) is 51.0 Å². The first kappa shape index (κ1) is 17.6. The second kappa shape index (κ2) is 7.46. The highest BCUT2D eigenvalue weighted by molar-refractivity contribution is 5.94. The lowest BCUT2D eigenvalue weighted by Crippen LogP contribution is -2.39. The fourth-order valence-electron chi connectivity index (χ4n) is 3.99. The number of imidazole rings is 1. The zero-order valence-electron chi connectivity index (χ0n) is 15.4. The Balaban J connectivity index is 1.50. The Morgan fingerprint density at radius 3 is 2.70 bits per heavy atom. The lowest BCUT2D eigenvalue weighted by atomic mass is 9.86. The zero-order valence-corrected chi connectivity index (χ0v) is 15.4. The number of ether oxygens (including phenoxy) is 1. The van der Waals surface area contributed by atoms with Gasteiger partial charge in [0, 0.05) is 29.7 Å². The number of carbonyl (C=O) groups excluding carboxylic acids is 2. The molecule has 0 bridgehead atoms. The molecule has 0 atom stereocenters. The molecule has 8 heteroatoms. The minimum Gasteiger partial charge on any atom is -0.469 e. The number of esters is 1. The van der Waals surface area contributed by atoms with E-state index in [4.69, 9.17) is 4.74 Å². The van der Waals surface area contributed by atoms with Crippen LogP contribution in [0, 0.1) is 5.92 Å². The maximum Gasteiger partial charge on any atom is 0.308 e. The van der Waals surface area contributed by atoms with E-state index >= 15 is 0 Å². The van der Waals surface area contributed by atoms with E-state index in [0.29, 0.717) is 11.6 Å². The molecule has 2 heterocycles. The first-order chi connectivity index (χ1) is 13.2. The predicted molar refractivity (Wildman–Crippen MR) is 96.4 cm³/mol. The van der Waals surface area contributed by atoms with Crippen molar-refractivity contribution < 1.29 is 14.3 Å². The highest BCUT2D eigenvalue weighted by Crippen LogP contribution is 2.27. The van der Waals surface area contributed by atoms with Crippen LogP contribution in [-0.4, -0.2) is 44.5 Å². The van der Waals surface area contributed by atoms with Crippen molar-refractivity contribution in [1.82, 2.24) is 24.8 Å². The first-order valence-electron chi connectivity index (χ1n) is 9.42. The van der Waals surface area contributed by atoms with Gasteiger partial charge in [0.25, 0.3) is 5.91 Å². The van der Waals surface area contributed by atoms with E-state index in [1.54, 1.807) is 23.3 Å². The summed E-state index contributed by atoms with van der Waals surface area (Å²) in [6, 6.07) is 0.0575. The molecule has 0 spiro atoms. The molecule has 1 amide bonds. The fraction of sp³-hybridized carbons (Fsp3) is 0.526. The van der Waals surface area contributed by atoms with Gasteiger partial charge in [0.05, 0.1) is 13.0 Å². The van der Waals surface area contributed by atoms with Crippen LogP contribution in [0.4, 0.5) is 0 Å². The van der Waals surface area contributed by atoms with Crippen LogP contribution in [0.25, 0.3) is 5.95 Å². The van der Waals surface area contributed by atoms with Gasteiger partial charge in [-0.15, -0.1) is 0 Å². The van der Waals surface area contributed by atoms with Gasteiger partial charge in [-0.3, -0.25) is 14.2 Å². The minimum absolute atomic E-state index is 0.0562. The lowest BCUT2D eigenvalue weighted by Gasteiger charge is -2.27. The quantitative estimate of drug-likeness (QED) is 0.822. The maximum absolute atomic E-state index is 12.9. The molecule has 0 aromatic carbocycles. The summed E-state index contributed by atoms with van der Waals surface area (Å²) in [5.41, 5.74) is 2.38. The number of methoxy groups -OCH3 is 1. The molecule has 1 fully saturated rings. The Morgan fingerprint density at radius 1 is 1.19 bits per heavy atom. The molecule has 142 valence electrons. The second-order valence-electron chi connectivity index (χ2n) is 7.17. The number of aromatic nitrogens is 4. The Hall–Kier alpha value is -2.77. The summed E-state index contributed by atoms with van der Waals surface area (Å²) in [4.78, 5) is 37.8. The number of fused-ring (bicyclic) bond motifs is 1. The highest BCUT2D eigenvalue weighted by atomic mass is 16.5. The third kappa shape index (κ3) is 3.56. The van der Waals surface area contributed by atoms with E-state index in [1.165, 1.54) is 7.11 Å². The molecule has 0 saturated heterocycles. The second-order valence-corrected chi connectivity index (χ2v) is 7.17. The molecular weight excluding hydrogens is 346 g/mol. The average molecular weight is 369 g/mol. The van der Waals surface area contributed by atoms with Crippen molar-refractivity contribution in [2.75, 3.05) is 7.11 Å². The van der Waals surface area contributed by atoms with Gasteiger partial charge in [0.15, 0.2) is 0 Å². The molecule has 2 aliphatic rings. The number of amides is 1. The molecule has 1 saturated carbocycles. The van der Waals surface area contributed by atoms with Gasteiger partial charge < -0.3 is 10.1 Å². The van der Waals surface area contributed by atoms with Crippen LogP contribution in [0.1, 0.15) is 53.8 Å². The number of aryl methyl sites for hydroxylation is 1. The van der Waals surface area contributed by atoms with Gasteiger partial charge in [-0.25, -0.2) is 15.0 Å². The minimum atomic E-state index is -0.154. The Bertz CT molecular complexity index is 841. The molecule has 1 N–H and O–H groups in total. The standard InChI is InChI=1S/C19H23N5O3/c1-27-18(26)12-5-7-13(8-6-12)21-17(25)16-14-3-2-4-15(14)22-19(23-16)24-10-9-20-11-24/h9-13H,2-8H2,1H3,(H,21,25). The summed E-state index contributed by atoms with van der Waals surface area (Å²) in [5.74, 6) is 0.115. The molecule has 2 aromatic rings. The van der Waals surface area contributed by atoms with Crippen molar-refractivity contribution in [3.05, 3.63) is 35.7 Å². The average Bonchev–Trinajstić information content (AvgIpc) is 3.38. The van der Waals surface area contributed by atoms with Gasteiger partial charge >= 0.3 is 5.97 Å². The molecule has 0 aliphatic heterocycles. The molecule has 2 aliphatic carbocycles. The van der Waals surface area contributed by atoms with Crippen molar-refractivity contribution in [3.63, 3.8) is 0 Å². The summed E-state index contributed by atoms with van der Waals surface area (Å²) in [6.45, 7) is 0. The smallest absolute Gasteiger partial charge is 0.308 e. The van der Waals surface area contributed by atoms with Gasteiger partial charge in [-0.05, 0) is 44.9 Å². The van der Waals surface area contributed by atoms with Crippen LogP contribution < -0.4 is 5.32 Å². The Kier molecular flexibility index (Phi) is 4.87. The van der Waals surface area contributed by atoms with Gasteiger partial charge in [0.1, 0.15) is 12.0 Å². The number of nitrogens with one attached hydrogen (secondary N) is 1. The summed E-state index contributed by atoms with van der Waals surface area (Å²) in [7, 11) is 1.42. The van der Waals surface area contributed by atoms with Crippen LogP contribution in [-0.2, 0) is 22.4 Å². The normalized spacial score (nSPS) is 21.5. The molecule has 2 aromatic heterocycles. The molecular formula is C19H23N5O3. The summed E-state index contributed by atoms with van der Waals surface area (Å²) >= 11 is 0. The van der Waals surface area contributed by atoms with E-state index in [0.717, 1.165) is 56.2 Å². The first-order valence-corrected chi connectivity index (χ1v) is 9.42. The maximum atomic E-state index is 12.9. The van der Waals surface area contributed by atoms with Gasteiger partial charge in [-0.1, -0.05) is 0 Å². The summed E-state index contributed by atoms with van der Waals surface area (Å²) in [6.07, 6.45) is 10.8. The van der Waals surface area contributed by atoms with Crippen LogP contribution in [0.3, 0.4) is 0 Å². The van der Waals surface area contributed by atoms with E-state index in [1.807, 2.05) is 0 Å². The van der Waals surface area contributed by atoms with Crippen LogP contribution in [0.15, 0.2) is 18.7 Å². The monoisotopic (exact) mass is 369 g/mol. The zero-order chi connectivity index (χ0) is 18.8. The van der Waals surface area contributed by atoms with Crippen molar-refractivity contribution in [3.8, 4) is 5.95 Å². The van der Waals surface area contributed by atoms with Gasteiger partial charge in [-0.2, -0.15) is 0 Å². The van der Waals surface area contributed by atoms with Crippen molar-refractivity contribution >= 4 is 11.9 Å².